The Morgan fingerprint density at radius 2 is 1.81 bits per heavy atom. The van der Waals surface area contributed by atoms with E-state index in [0.717, 1.165) is 23.7 Å². The Morgan fingerprint density at radius 3 is 2.38 bits per heavy atom. The molecule has 1 saturated heterocycles. The molecule has 1 amide bonds. The van der Waals surface area contributed by atoms with Crippen molar-refractivity contribution in [3.05, 3.63) is 54.1 Å². The highest BCUT2D eigenvalue weighted by atomic mass is 16.5. The summed E-state index contributed by atoms with van der Waals surface area (Å²) in [5, 5.41) is 2.89. The Morgan fingerprint density at radius 1 is 1.12 bits per heavy atom. The van der Waals surface area contributed by atoms with Crippen LogP contribution in [0, 0.1) is 5.92 Å². The van der Waals surface area contributed by atoms with E-state index in [9.17, 15) is 9.59 Å². The van der Waals surface area contributed by atoms with Gasteiger partial charge in [-0.05, 0) is 54.4 Å². The van der Waals surface area contributed by atoms with Crippen LogP contribution in [-0.2, 0) is 4.79 Å². The summed E-state index contributed by atoms with van der Waals surface area (Å²) < 4.78 is 5.63. The first-order chi connectivity index (χ1) is 12.5. The lowest BCUT2D eigenvalue weighted by Gasteiger charge is -2.17. The van der Waals surface area contributed by atoms with Gasteiger partial charge in [-0.25, -0.2) is 0 Å². The molecule has 26 heavy (non-hydrogen) atoms. The van der Waals surface area contributed by atoms with Crippen molar-refractivity contribution in [3.8, 4) is 5.75 Å². The molecule has 0 atom stereocenters. The van der Waals surface area contributed by atoms with Gasteiger partial charge in [0.2, 0.25) is 0 Å². The van der Waals surface area contributed by atoms with Gasteiger partial charge in [0.15, 0.2) is 5.78 Å². The van der Waals surface area contributed by atoms with Gasteiger partial charge in [0, 0.05) is 29.9 Å². The minimum absolute atomic E-state index is 0.162. The largest absolute Gasteiger partial charge is 0.493 e. The average Bonchev–Trinajstić information content (AvgIpc) is 3.07. The number of Topliss-reactive ketones (excluding diaryl/α,β-unsaturated/α-hetero) is 1. The molecule has 0 unspecified atom stereocenters. The third-order valence-corrected chi connectivity index (χ3v) is 4.22. The van der Waals surface area contributed by atoms with Gasteiger partial charge >= 0.3 is 0 Å². The highest BCUT2D eigenvalue weighted by molar-refractivity contribution is 6.04. The number of nitrogens with zero attached hydrogens (tertiary/aromatic N) is 1. The van der Waals surface area contributed by atoms with Gasteiger partial charge in [-0.1, -0.05) is 13.8 Å². The predicted molar refractivity (Wildman–Crippen MR) is 103 cm³/mol. The third-order valence-electron chi connectivity index (χ3n) is 4.22. The normalized spacial score (nSPS) is 14.0. The zero-order chi connectivity index (χ0) is 18.5. The van der Waals surface area contributed by atoms with Crippen LogP contribution in [0.15, 0.2) is 48.5 Å². The molecule has 2 aromatic carbocycles. The Labute approximate surface area is 154 Å². The second-order valence-corrected chi connectivity index (χ2v) is 6.94. The first-order valence-corrected chi connectivity index (χ1v) is 8.92. The van der Waals surface area contributed by atoms with E-state index in [4.69, 9.17) is 4.74 Å². The van der Waals surface area contributed by atoms with E-state index in [2.05, 4.69) is 19.2 Å². The molecule has 1 heterocycles. The SMILES string of the molecule is CC(C)COc1ccc(C(=O)Nc2ccc(N3CCC(=O)C3)cc2)cc1. The number of ether oxygens (including phenoxy) is 1. The summed E-state index contributed by atoms with van der Waals surface area (Å²) >= 11 is 0. The molecule has 0 spiro atoms. The van der Waals surface area contributed by atoms with Crippen LogP contribution in [0.3, 0.4) is 0 Å². The summed E-state index contributed by atoms with van der Waals surface area (Å²) in [5.41, 5.74) is 2.31. The first-order valence-electron chi connectivity index (χ1n) is 8.92. The number of anilines is 2. The second kappa shape index (κ2) is 8.04. The van der Waals surface area contributed by atoms with E-state index in [1.165, 1.54) is 0 Å². The van der Waals surface area contributed by atoms with Crippen molar-refractivity contribution in [2.24, 2.45) is 5.92 Å². The molecule has 1 fully saturated rings. The monoisotopic (exact) mass is 352 g/mol. The maximum atomic E-state index is 12.4. The lowest BCUT2D eigenvalue weighted by atomic mass is 10.2. The van der Waals surface area contributed by atoms with E-state index in [0.29, 0.717) is 31.1 Å². The van der Waals surface area contributed by atoms with Crippen LogP contribution >= 0.6 is 0 Å². The molecule has 0 bridgehead atoms. The van der Waals surface area contributed by atoms with Crippen molar-refractivity contribution in [1.82, 2.24) is 0 Å². The Bertz CT molecular complexity index is 767. The fourth-order valence-corrected chi connectivity index (χ4v) is 2.78. The summed E-state index contributed by atoms with van der Waals surface area (Å²) in [7, 11) is 0. The smallest absolute Gasteiger partial charge is 0.255 e. The lowest BCUT2D eigenvalue weighted by molar-refractivity contribution is -0.116. The van der Waals surface area contributed by atoms with Crippen molar-refractivity contribution >= 4 is 23.1 Å². The molecule has 5 heteroatoms. The number of rotatable bonds is 6. The minimum atomic E-state index is -0.162. The first kappa shape index (κ1) is 18.0. The van der Waals surface area contributed by atoms with Crippen LogP contribution in [-0.4, -0.2) is 31.4 Å². The van der Waals surface area contributed by atoms with E-state index in [-0.39, 0.29) is 11.7 Å². The van der Waals surface area contributed by atoms with Gasteiger partial charge < -0.3 is 15.0 Å². The molecule has 0 aliphatic carbocycles. The van der Waals surface area contributed by atoms with Gasteiger partial charge in [-0.3, -0.25) is 9.59 Å². The fraction of sp³-hybridized carbons (Fsp3) is 0.333. The fourth-order valence-electron chi connectivity index (χ4n) is 2.78. The van der Waals surface area contributed by atoms with Crippen LogP contribution in [0.2, 0.25) is 0 Å². The van der Waals surface area contributed by atoms with Crippen molar-refractivity contribution in [2.75, 3.05) is 29.9 Å². The van der Waals surface area contributed by atoms with E-state index in [1.54, 1.807) is 12.1 Å². The molecule has 0 saturated carbocycles. The molecule has 3 rings (SSSR count). The molecule has 1 aliphatic rings. The topological polar surface area (TPSA) is 58.6 Å². The van der Waals surface area contributed by atoms with E-state index < -0.39 is 0 Å². The lowest BCUT2D eigenvalue weighted by Crippen LogP contribution is -2.19. The summed E-state index contributed by atoms with van der Waals surface area (Å²) in [4.78, 5) is 25.8. The third kappa shape index (κ3) is 4.63. The summed E-state index contributed by atoms with van der Waals surface area (Å²) in [5.74, 6) is 1.33. The van der Waals surface area contributed by atoms with Gasteiger partial charge in [-0.2, -0.15) is 0 Å². The highest BCUT2D eigenvalue weighted by Crippen LogP contribution is 2.21. The molecule has 5 nitrogen and oxygen atoms in total. The molecular weight excluding hydrogens is 328 g/mol. The molecule has 136 valence electrons. The molecule has 1 aliphatic heterocycles. The molecule has 2 aromatic rings. The number of carbonyl (C=O) groups is 2. The molecule has 0 aromatic heterocycles. The van der Waals surface area contributed by atoms with Crippen molar-refractivity contribution in [2.45, 2.75) is 20.3 Å². The van der Waals surface area contributed by atoms with Crippen LogP contribution in [0.1, 0.15) is 30.6 Å². The number of nitrogens with one attached hydrogen (secondary N) is 1. The van der Waals surface area contributed by atoms with Crippen LogP contribution in [0.4, 0.5) is 11.4 Å². The number of hydrogen-bond donors (Lipinski definition) is 1. The van der Waals surface area contributed by atoms with Crippen LogP contribution < -0.4 is 15.0 Å². The minimum Gasteiger partial charge on any atom is -0.493 e. The van der Waals surface area contributed by atoms with Gasteiger partial charge in [0.05, 0.1) is 13.2 Å². The van der Waals surface area contributed by atoms with Crippen molar-refractivity contribution in [3.63, 3.8) is 0 Å². The highest BCUT2D eigenvalue weighted by Gasteiger charge is 2.19. The Balaban J connectivity index is 1.58. The summed E-state index contributed by atoms with van der Waals surface area (Å²) in [6.45, 7) is 6.07. The zero-order valence-corrected chi connectivity index (χ0v) is 15.2. The number of amides is 1. The van der Waals surface area contributed by atoms with E-state index >= 15 is 0 Å². The summed E-state index contributed by atoms with van der Waals surface area (Å²) in [6, 6.07) is 14.7. The Kier molecular flexibility index (Phi) is 5.56. The van der Waals surface area contributed by atoms with Crippen LogP contribution in [0.5, 0.6) is 5.75 Å². The number of carbonyl (C=O) groups excluding carboxylic acids is 2. The molecule has 0 radical (unpaired) electrons. The van der Waals surface area contributed by atoms with Gasteiger partial charge in [-0.15, -0.1) is 0 Å². The average molecular weight is 352 g/mol. The van der Waals surface area contributed by atoms with Crippen LogP contribution in [0.25, 0.3) is 0 Å². The number of benzene rings is 2. The Hall–Kier alpha value is -2.82. The maximum Gasteiger partial charge on any atom is 0.255 e. The van der Waals surface area contributed by atoms with Crippen molar-refractivity contribution in [1.29, 1.82) is 0 Å². The second-order valence-electron chi connectivity index (χ2n) is 6.94. The number of ketones is 1. The molecule has 1 N–H and O–H groups in total. The molecular formula is C21H24N2O3. The van der Waals surface area contributed by atoms with Gasteiger partial charge in [0.1, 0.15) is 5.75 Å². The standard InChI is InChI=1S/C21H24N2O3/c1-15(2)14-26-20-9-3-16(4-10-20)21(25)22-17-5-7-18(8-6-17)23-12-11-19(24)13-23/h3-10,15H,11-14H2,1-2H3,(H,22,25). The van der Waals surface area contributed by atoms with E-state index in [1.807, 2.05) is 41.3 Å². The predicted octanol–water partition coefficient (Wildman–Crippen LogP) is 3.75. The number of hydrogen-bond acceptors (Lipinski definition) is 4. The summed E-state index contributed by atoms with van der Waals surface area (Å²) in [6.07, 6.45) is 0.607. The van der Waals surface area contributed by atoms with Gasteiger partial charge in [0.25, 0.3) is 5.91 Å². The maximum absolute atomic E-state index is 12.4. The zero-order valence-electron chi connectivity index (χ0n) is 15.2. The van der Waals surface area contributed by atoms with Crippen molar-refractivity contribution < 1.29 is 14.3 Å². The quantitative estimate of drug-likeness (QED) is 0.860.